The summed E-state index contributed by atoms with van der Waals surface area (Å²) in [6, 6.07) is 1.19. The highest BCUT2D eigenvalue weighted by molar-refractivity contribution is 7.08. The summed E-state index contributed by atoms with van der Waals surface area (Å²) < 4.78 is 4.63. The molecule has 2 N–H and O–H groups in total. The number of amides is 3. The Balaban J connectivity index is 2.29. The summed E-state index contributed by atoms with van der Waals surface area (Å²) in [6.45, 7) is -0.500. The Kier molecular flexibility index (Phi) is 5.59. The van der Waals surface area contributed by atoms with Gasteiger partial charge in [-0.15, -0.1) is 0 Å². The molecule has 0 saturated carbocycles. The van der Waals surface area contributed by atoms with Crippen LogP contribution in [0.2, 0.25) is 0 Å². The van der Waals surface area contributed by atoms with Gasteiger partial charge in [0.1, 0.15) is 0 Å². The van der Waals surface area contributed by atoms with Crippen LogP contribution < -0.4 is 10.6 Å². The van der Waals surface area contributed by atoms with Gasteiger partial charge in [0, 0.05) is 13.1 Å². The number of hydrogen-bond acceptors (Lipinski definition) is 5. The van der Waals surface area contributed by atoms with Crippen molar-refractivity contribution in [1.82, 2.24) is 10.6 Å². The lowest BCUT2D eigenvalue weighted by molar-refractivity contribution is -0.143. The topological polar surface area (TPSA) is 84.5 Å². The molecule has 1 rings (SSSR count). The van der Waals surface area contributed by atoms with Crippen LogP contribution in [0.4, 0.5) is 4.79 Å². The zero-order valence-corrected chi connectivity index (χ0v) is 10.5. The normalized spacial score (nSPS) is 10.1. The van der Waals surface area contributed by atoms with E-state index in [1.807, 2.05) is 22.1 Å². The van der Waals surface area contributed by atoms with E-state index in [-0.39, 0.29) is 0 Å². The molecule has 0 saturated heterocycles. The number of urea groups is 1. The maximum absolute atomic E-state index is 11.2. The molecule has 1 aromatic heterocycles. The van der Waals surface area contributed by atoms with E-state index in [0.717, 1.165) is 5.56 Å². The minimum Gasteiger partial charge on any atom is -0.452 e. The first-order valence-electron chi connectivity index (χ1n) is 5.00. The van der Waals surface area contributed by atoms with Gasteiger partial charge < -0.3 is 10.1 Å². The lowest BCUT2D eigenvalue weighted by Crippen LogP contribution is -2.39. The van der Waals surface area contributed by atoms with Crippen molar-refractivity contribution in [2.24, 2.45) is 0 Å². The highest BCUT2D eigenvalue weighted by atomic mass is 32.1. The Labute approximate surface area is 108 Å². The third-order valence-corrected chi connectivity index (χ3v) is 2.48. The van der Waals surface area contributed by atoms with Crippen LogP contribution in [0.15, 0.2) is 22.9 Å². The molecule has 0 atom stereocenters. The Morgan fingerprint density at radius 1 is 1.44 bits per heavy atom. The fraction of sp³-hybridized carbons (Fsp3) is 0.182. The van der Waals surface area contributed by atoms with E-state index in [0.29, 0.717) is 0 Å². The highest BCUT2D eigenvalue weighted by Crippen LogP contribution is 2.07. The molecule has 0 aromatic carbocycles. The SMILES string of the molecule is CNC(=O)NC(=O)COC(=O)/C=C/c1ccsc1. The minimum absolute atomic E-state index is 0.500. The van der Waals surface area contributed by atoms with Gasteiger partial charge in [-0.3, -0.25) is 10.1 Å². The predicted octanol–water partition coefficient (Wildman–Crippen LogP) is 0.760. The first-order chi connectivity index (χ1) is 8.61. The number of carbonyl (C=O) groups is 3. The van der Waals surface area contributed by atoms with Crippen LogP contribution in [0.3, 0.4) is 0 Å². The summed E-state index contributed by atoms with van der Waals surface area (Å²) in [5.74, 6) is -1.33. The molecular formula is C11H12N2O4S. The Bertz CT molecular complexity index is 454. The molecule has 1 aromatic rings. The number of thiophene rings is 1. The number of rotatable bonds is 4. The van der Waals surface area contributed by atoms with Gasteiger partial charge in [-0.05, 0) is 28.5 Å². The van der Waals surface area contributed by atoms with E-state index >= 15 is 0 Å². The van der Waals surface area contributed by atoms with E-state index < -0.39 is 24.5 Å². The van der Waals surface area contributed by atoms with Crippen molar-refractivity contribution in [2.75, 3.05) is 13.7 Å². The number of esters is 1. The molecule has 0 spiro atoms. The molecule has 96 valence electrons. The van der Waals surface area contributed by atoms with E-state index in [1.165, 1.54) is 24.5 Å². The van der Waals surface area contributed by atoms with Crippen molar-refractivity contribution in [3.05, 3.63) is 28.5 Å². The van der Waals surface area contributed by atoms with Crippen LogP contribution in [0.1, 0.15) is 5.56 Å². The van der Waals surface area contributed by atoms with Gasteiger partial charge in [0.25, 0.3) is 5.91 Å². The molecule has 0 radical (unpaired) electrons. The van der Waals surface area contributed by atoms with Crippen LogP contribution in [-0.2, 0) is 14.3 Å². The van der Waals surface area contributed by atoms with Crippen molar-refractivity contribution < 1.29 is 19.1 Å². The van der Waals surface area contributed by atoms with Gasteiger partial charge in [-0.1, -0.05) is 0 Å². The van der Waals surface area contributed by atoms with E-state index in [1.54, 1.807) is 6.08 Å². The van der Waals surface area contributed by atoms with Gasteiger partial charge in [0.15, 0.2) is 6.61 Å². The predicted molar refractivity (Wildman–Crippen MR) is 66.9 cm³/mol. The average Bonchev–Trinajstić information content (AvgIpc) is 2.86. The van der Waals surface area contributed by atoms with Crippen molar-refractivity contribution in [3.63, 3.8) is 0 Å². The Morgan fingerprint density at radius 3 is 2.83 bits per heavy atom. The lowest BCUT2D eigenvalue weighted by Gasteiger charge is -2.02. The molecule has 0 bridgehead atoms. The highest BCUT2D eigenvalue weighted by Gasteiger charge is 2.07. The van der Waals surface area contributed by atoms with E-state index in [2.05, 4.69) is 10.1 Å². The third kappa shape index (κ3) is 5.26. The molecule has 18 heavy (non-hydrogen) atoms. The average molecular weight is 268 g/mol. The zero-order valence-electron chi connectivity index (χ0n) is 9.64. The standard InChI is InChI=1S/C11H12N2O4S/c1-12-11(16)13-9(14)6-17-10(15)3-2-8-4-5-18-7-8/h2-5,7H,6H2,1H3,(H2,12,13,14,16)/b3-2+. The minimum atomic E-state index is -0.688. The molecule has 0 fully saturated rings. The molecule has 0 unspecified atom stereocenters. The van der Waals surface area contributed by atoms with Crippen LogP contribution in [0.5, 0.6) is 0 Å². The number of carbonyl (C=O) groups excluding carboxylic acids is 3. The van der Waals surface area contributed by atoms with Gasteiger partial charge in [0.05, 0.1) is 0 Å². The maximum atomic E-state index is 11.2. The van der Waals surface area contributed by atoms with Gasteiger partial charge >= 0.3 is 12.0 Å². The fourth-order valence-electron chi connectivity index (χ4n) is 0.944. The smallest absolute Gasteiger partial charge is 0.331 e. The summed E-state index contributed by atoms with van der Waals surface area (Å²) in [4.78, 5) is 33.0. The lowest BCUT2D eigenvalue weighted by atomic mass is 10.3. The second kappa shape index (κ2) is 7.23. The first kappa shape index (κ1) is 13.9. The van der Waals surface area contributed by atoms with Gasteiger partial charge in [-0.25, -0.2) is 9.59 Å². The maximum Gasteiger partial charge on any atom is 0.331 e. The summed E-state index contributed by atoms with van der Waals surface area (Å²) in [6.07, 6.45) is 2.80. The molecule has 0 aliphatic carbocycles. The largest absolute Gasteiger partial charge is 0.452 e. The fourth-order valence-corrected chi connectivity index (χ4v) is 1.57. The summed E-state index contributed by atoms with van der Waals surface area (Å²) in [5.41, 5.74) is 0.881. The number of ether oxygens (including phenoxy) is 1. The zero-order chi connectivity index (χ0) is 13.4. The summed E-state index contributed by atoms with van der Waals surface area (Å²) in [5, 5.41) is 7.91. The molecule has 0 aliphatic rings. The first-order valence-corrected chi connectivity index (χ1v) is 5.94. The number of hydrogen-bond donors (Lipinski definition) is 2. The van der Waals surface area contributed by atoms with E-state index in [4.69, 9.17) is 0 Å². The van der Waals surface area contributed by atoms with Crippen LogP contribution in [-0.4, -0.2) is 31.6 Å². The van der Waals surface area contributed by atoms with Crippen molar-refractivity contribution in [3.8, 4) is 0 Å². The second-order valence-corrected chi connectivity index (χ2v) is 3.91. The number of imide groups is 1. The van der Waals surface area contributed by atoms with E-state index in [9.17, 15) is 14.4 Å². The quantitative estimate of drug-likeness (QED) is 0.623. The molecule has 7 heteroatoms. The van der Waals surface area contributed by atoms with Crippen molar-refractivity contribution >= 4 is 35.3 Å². The van der Waals surface area contributed by atoms with Crippen molar-refractivity contribution in [2.45, 2.75) is 0 Å². The molecule has 0 aliphatic heterocycles. The summed E-state index contributed by atoms with van der Waals surface area (Å²) >= 11 is 1.51. The molecule has 6 nitrogen and oxygen atoms in total. The van der Waals surface area contributed by atoms with Crippen LogP contribution in [0, 0.1) is 0 Å². The van der Waals surface area contributed by atoms with Gasteiger partial charge in [-0.2, -0.15) is 11.3 Å². The van der Waals surface area contributed by atoms with Crippen molar-refractivity contribution in [1.29, 1.82) is 0 Å². The summed E-state index contributed by atoms with van der Waals surface area (Å²) in [7, 11) is 1.37. The van der Waals surface area contributed by atoms with Crippen LogP contribution in [0.25, 0.3) is 6.08 Å². The van der Waals surface area contributed by atoms with Crippen LogP contribution >= 0.6 is 11.3 Å². The molecular weight excluding hydrogens is 256 g/mol. The third-order valence-electron chi connectivity index (χ3n) is 1.78. The monoisotopic (exact) mass is 268 g/mol. The molecule has 3 amide bonds. The number of nitrogens with one attached hydrogen (secondary N) is 2. The molecule has 1 heterocycles. The Hall–Kier alpha value is -2.15. The van der Waals surface area contributed by atoms with Gasteiger partial charge in [0.2, 0.25) is 0 Å². The Morgan fingerprint density at radius 2 is 2.22 bits per heavy atom. The second-order valence-electron chi connectivity index (χ2n) is 3.13.